The van der Waals surface area contributed by atoms with Crippen LogP contribution in [0.15, 0.2) is 0 Å². The molecule has 0 saturated heterocycles. The number of hydrogen-bond donors (Lipinski definition) is 1. The van der Waals surface area contributed by atoms with Gasteiger partial charge in [0.25, 0.3) is 0 Å². The van der Waals surface area contributed by atoms with Crippen molar-refractivity contribution in [3.63, 3.8) is 0 Å². The van der Waals surface area contributed by atoms with E-state index in [-0.39, 0.29) is 17.1 Å². The number of unbranched alkanes of at least 4 members (excludes halogenated alkanes) is 15. The summed E-state index contributed by atoms with van der Waals surface area (Å²) in [5, 5.41) is 0. The van der Waals surface area contributed by atoms with Crippen LogP contribution in [0.25, 0.3) is 0 Å². The molecule has 1 nitrogen and oxygen atoms in total. The third-order valence-corrected chi connectivity index (χ3v) is 4.06. The van der Waals surface area contributed by atoms with Crippen LogP contribution in [0, 0.1) is 0 Å². The summed E-state index contributed by atoms with van der Waals surface area (Å²) in [5.74, 6) is 0. The topological polar surface area (TPSA) is 26.0 Å². The second-order valence-electron chi connectivity index (χ2n) is 6.09. The molecule has 20 heavy (non-hydrogen) atoms. The first-order chi connectivity index (χ1) is 9.41. The van der Waals surface area contributed by atoms with Gasteiger partial charge in [-0.2, -0.15) is 0 Å². The molecular weight excluding hydrogens is 294 g/mol. The molecule has 0 saturated carbocycles. The van der Waals surface area contributed by atoms with E-state index in [2.05, 4.69) is 6.92 Å². The Bertz CT molecular complexity index is 134. The first-order valence-electron chi connectivity index (χ1n) is 9.12. The fourth-order valence-electron chi connectivity index (χ4n) is 2.69. The minimum Gasteiger partial charge on any atom is -0.330 e. The van der Waals surface area contributed by atoms with Gasteiger partial charge < -0.3 is 5.73 Å². The largest absolute Gasteiger partial charge is 0.330 e. The molecule has 2 heteroatoms. The first kappa shape index (κ1) is 22.8. The van der Waals surface area contributed by atoms with Crippen molar-refractivity contribution in [3.05, 3.63) is 0 Å². The molecule has 0 unspecified atom stereocenters. The van der Waals surface area contributed by atoms with Crippen LogP contribution in [0.4, 0.5) is 0 Å². The number of nitrogens with two attached hydrogens (primary N) is 1. The summed E-state index contributed by atoms with van der Waals surface area (Å²) < 4.78 is 0. The standard InChI is InChI=1S/C18H39N.Cu/c1-2-3-4-5-6-7-8-9-10-11-12-13-14-15-16-17-18-19;/h2-19H2,1H3;. The second kappa shape index (κ2) is 21.8. The van der Waals surface area contributed by atoms with Crippen LogP contribution in [0.3, 0.4) is 0 Å². The summed E-state index contributed by atoms with van der Waals surface area (Å²) in [6.07, 6.45) is 22.9. The summed E-state index contributed by atoms with van der Waals surface area (Å²) in [4.78, 5) is 0. The smallest absolute Gasteiger partial charge is 0 e. The maximum atomic E-state index is 5.48. The van der Waals surface area contributed by atoms with Gasteiger partial charge in [0.15, 0.2) is 0 Å². The fraction of sp³-hybridized carbons (Fsp3) is 1.00. The molecule has 0 heterocycles. The molecule has 0 spiro atoms. The van der Waals surface area contributed by atoms with Gasteiger partial charge in [0.2, 0.25) is 0 Å². The van der Waals surface area contributed by atoms with E-state index in [1.165, 1.54) is 103 Å². The summed E-state index contributed by atoms with van der Waals surface area (Å²) >= 11 is 0. The van der Waals surface area contributed by atoms with E-state index in [9.17, 15) is 0 Å². The van der Waals surface area contributed by atoms with E-state index in [0.717, 1.165) is 6.54 Å². The zero-order valence-electron chi connectivity index (χ0n) is 13.9. The van der Waals surface area contributed by atoms with Crippen LogP contribution < -0.4 is 5.73 Å². The fourth-order valence-corrected chi connectivity index (χ4v) is 2.69. The SMILES string of the molecule is CCCCCCCCCCCCCCCCCCN.[Cu]. The Morgan fingerprint density at radius 3 is 0.950 bits per heavy atom. The van der Waals surface area contributed by atoms with Crippen molar-refractivity contribution in [1.29, 1.82) is 0 Å². The van der Waals surface area contributed by atoms with Crippen molar-refractivity contribution >= 4 is 0 Å². The van der Waals surface area contributed by atoms with Gasteiger partial charge in [0, 0.05) is 17.1 Å². The van der Waals surface area contributed by atoms with Gasteiger partial charge in [0.1, 0.15) is 0 Å². The molecule has 0 rings (SSSR count). The van der Waals surface area contributed by atoms with E-state index >= 15 is 0 Å². The van der Waals surface area contributed by atoms with Crippen molar-refractivity contribution in [2.45, 2.75) is 110 Å². The molecular formula is C18H39CuN. The molecule has 0 bridgehead atoms. The minimum absolute atomic E-state index is 0. The van der Waals surface area contributed by atoms with E-state index < -0.39 is 0 Å². The Kier molecular flexibility index (Phi) is 24.8. The van der Waals surface area contributed by atoms with Crippen LogP contribution in [0.2, 0.25) is 0 Å². The predicted molar refractivity (Wildman–Crippen MR) is 88.6 cm³/mol. The molecule has 0 aromatic carbocycles. The molecule has 0 aliphatic rings. The van der Waals surface area contributed by atoms with Crippen LogP contribution in [0.5, 0.6) is 0 Å². The third kappa shape index (κ3) is 20.8. The van der Waals surface area contributed by atoms with Gasteiger partial charge in [0.05, 0.1) is 0 Å². The monoisotopic (exact) mass is 332 g/mol. The zero-order chi connectivity index (χ0) is 14.0. The Hall–Kier alpha value is 0.479. The Balaban J connectivity index is 0. The van der Waals surface area contributed by atoms with Crippen LogP contribution in [0.1, 0.15) is 110 Å². The predicted octanol–water partition coefficient (Wildman–Crippen LogP) is 6.20. The third-order valence-electron chi connectivity index (χ3n) is 4.06. The molecule has 1 radical (unpaired) electrons. The molecule has 0 aliphatic heterocycles. The van der Waals surface area contributed by atoms with Gasteiger partial charge >= 0.3 is 0 Å². The van der Waals surface area contributed by atoms with Crippen molar-refractivity contribution in [2.24, 2.45) is 5.73 Å². The molecule has 127 valence electrons. The van der Waals surface area contributed by atoms with E-state index in [0.29, 0.717) is 0 Å². The summed E-state index contributed by atoms with van der Waals surface area (Å²) in [7, 11) is 0. The Labute approximate surface area is 139 Å². The molecule has 0 atom stereocenters. The van der Waals surface area contributed by atoms with E-state index in [1.54, 1.807) is 0 Å². The first-order valence-corrected chi connectivity index (χ1v) is 9.12. The molecule has 0 aromatic rings. The Morgan fingerprint density at radius 2 is 0.700 bits per heavy atom. The maximum Gasteiger partial charge on any atom is 0 e. The normalized spacial score (nSPS) is 10.5. The molecule has 0 aromatic heterocycles. The van der Waals surface area contributed by atoms with Crippen molar-refractivity contribution in [2.75, 3.05) is 6.54 Å². The second-order valence-corrected chi connectivity index (χ2v) is 6.09. The number of rotatable bonds is 16. The average molecular weight is 333 g/mol. The maximum absolute atomic E-state index is 5.48. The van der Waals surface area contributed by atoms with Gasteiger partial charge in [-0.05, 0) is 13.0 Å². The van der Waals surface area contributed by atoms with Gasteiger partial charge in [-0.25, -0.2) is 0 Å². The van der Waals surface area contributed by atoms with Crippen molar-refractivity contribution < 1.29 is 17.1 Å². The number of hydrogen-bond acceptors (Lipinski definition) is 1. The molecule has 0 amide bonds. The van der Waals surface area contributed by atoms with E-state index in [1.807, 2.05) is 0 Å². The van der Waals surface area contributed by atoms with Gasteiger partial charge in [-0.3, -0.25) is 0 Å². The molecule has 0 aliphatic carbocycles. The van der Waals surface area contributed by atoms with Crippen molar-refractivity contribution in [1.82, 2.24) is 0 Å². The van der Waals surface area contributed by atoms with Crippen LogP contribution in [-0.2, 0) is 17.1 Å². The Morgan fingerprint density at radius 1 is 0.450 bits per heavy atom. The minimum atomic E-state index is 0. The van der Waals surface area contributed by atoms with E-state index in [4.69, 9.17) is 5.73 Å². The molecule has 2 N–H and O–H groups in total. The summed E-state index contributed by atoms with van der Waals surface area (Å²) in [6.45, 7) is 3.16. The molecule has 0 fully saturated rings. The van der Waals surface area contributed by atoms with Gasteiger partial charge in [-0.1, -0.05) is 103 Å². The van der Waals surface area contributed by atoms with Gasteiger partial charge in [-0.15, -0.1) is 0 Å². The van der Waals surface area contributed by atoms with Crippen LogP contribution in [-0.4, -0.2) is 6.54 Å². The summed E-state index contributed by atoms with van der Waals surface area (Å²) in [5.41, 5.74) is 5.48. The zero-order valence-corrected chi connectivity index (χ0v) is 14.8. The van der Waals surface area contributed by atoms with Crippen molar-refractivity contribution in [3.8, 4) is 0 Å². The quantitative estimate of drug-likeness (QED) is 0.264. The van der Waals surface area contributed by atoms with Crippen LogP contribution >= 0.6 is 0 Å². The summed E-state index contributed by atoms with van der Waals surface area (Å²) in [6, 6.07) is 0. The average Bonchev–Trinajstić information content (AvgIpc) is 2.43.